The predicted molar refractivity (Wildman–Crippen MR) is 70.7 cm³/mol. The van der Waals surface area contributed by atoms with Crippen LogP contribution < -0.4 is 5.73 Å². The molecule has 0 unspecified atom stereocenters. The number of nitrogens with zero attached hydrogens (tertiary/aromatic N) is 1. The molecule has 0 saturated carbocycles. The van der Waals surface area contributed by atoms with E-state index in [-0.39, 0.29) is 5.75 Å². The fourth-order valence-corrected chi connectivity index (χ4v) is 2.55. The van der Waals surface area contributed by atoms with E-state index in [2.05, 4.69) is 0 Å². The lowest BCUT2D eigenvalue weighted by atomic mass is 10.2. The van der Waals surface area contributed by atoms with Crippen LogP contribution in [-0.2, 0) is 16.4 Å². The van der Waals surface area contributed by atoms with Crippen LogP contribution in [0, 0.1) is 0 Å². The number of sulfone groups is 1. The Labute approximate surface area is 101 Å². The molecule has 0 aliphatic rings. The zero-order chi connectivity index (χ0) is 12.5. The smallest absolute Gasteiger partial charge is 0.147 e. The van der Waals surface area contributed by atoms with Crippen molar-refractivity contribution in [2.24, 2.45) is 0 Å². The molecule has 4 nitrogen and oxygen atoms in total. The second-order valence-electron chi connectivity index (χ2n) is 4.31. The van der Waals surface area contributed by atoms with Crippen molar-refractivity contribution in [1.82, 2.24) is 4.57 Å². The minimum Gasteiger partial charge on any atom is -0.399 e. The van der Waals surface area contributed by atoms with E-state index in [9.17, 15) is 8.42 Å². The summed E-state index contributed by atoms with van der Waals surface area (Å²) in [5.74, 6) is 0.217. The number of hydrogen-bond donors (Lipinski definition) is 1. The number of hydrogen-bond acceptors (Lipinski definition) is 3. The standard InChI is InChI=1S/C12H16N2O2S/c1-17(15,16)8-2-6-14-7-5-10-3-4-11(13)9-12(10)14/h3-5,7,9H,2,6,8,13H2,1H3. The van der Waals surface area contributed by atoms with Gasteiger partial charge in [-0.2, -0.15) is 0 Å². The Balaban J connectivity index is 2.16. The van der Waals surface area contributed by atoms with E-state index >= 15 is 0 Å². The number of fused-ring (bicyclic) bond motifs is 1. The Bertz CT molecular complexity index is 629. The van der Waals surface area contributed by atoms with Crippen molar-refractivity contribution in [3.8, 4) is 0 Å². The molecular weight excluding hydrogens is 236 g/mol. The number of nitrogens with two attached hydrogens (primary N) is 1. The minimum absolute atomic E-state index is 0.217. The lowest BCUT2D eigenvalue weighted by Gasteiger charge is -2.05. The first-order valence-corrected chi connectivity index (χ1v) is 7.54. The van der Waals surface area contributed by atoms with E-state index in [1.54, 1.807) is 0 Å². The summed E-state index contributed by atoms with van der Waals surface area (Å²) in [5.41, 5.74) is 7.52. The zero-order valence-electron chi connectivity index (χ0n) is 9.76. The fourth-order valence-electron chi connectivity index (χ4n) is 1.89. The predicted octanol–water partition coefficient (Wildman–Crippen LogP) is 1.66. The van der Waals surface area contributed by atoms with Gasteiger partial charge in [-0.25, -0.2) is 8.42 Å². The van der Waals surface area contributed by atoms with Crippen molar-refractivity contribution in [3.63, 3.8) is 0 Å². The molecule has 2 N–H and O–H groups in total. The summed E-state index contributed by atoms with van der Waals surface area (Å²) in [7, 11) is -2.88. The van der Waals surface area contributed by atoms with E-state index in [1.807, 2.05) is 35.0 Å². The summed E-state index contributed by atoms with van der Waals surface area (Å²) in [6, 6.07) is 7.76. The Hall–Kier alpha value is -1.49. The van der Waals surface area contributed by atoms with E-state index in [4.69, 9.17) is 5.73 Å². The highest BCUT2D eigenvalue weighted by Gasteiger charge is 2.04. The maximum atomic E-state index is 11.0. The van der Waals surface area contributed by atoms with Gasteiger partial charge in [0.15, 0.2) is 0 Å². The molecule has 0 aliphatic heterocycles. The highest BCUT2D eigenvalue weighted by atomic mass is 32.2. The second kappa shape index (κ2) is 4.41. The molecule has 5 heteroatoms. The molecule has 2 rings (SSSR count). The quantitative estimate of drug-likeness (QED) is 0.842. The normalized spacial score (nSPS) is 12.1. The summed E-state index contributed by atoms with van der Waals surface area (Å²) in [6.45, 7) is 0.694. The number of aryl methyl sites for hydroxylation is 1. The van der Waals surface area contributed by atoms with Crippen LogP contribution in [0.4, 0.5) is 5.69 Å². The number of rotatable bonds is 4. The average Bonchev–Trinajstić information content (AvgIpc) is 2.59. The third kappa shape index (κ3) is 3.00. The van der Waals surface area contributed by atoms with E-state index in [0.29, 0.717) is 13.0 Å². The molecule has 2 aromatic rings. The molecule has 17 heavy (non-hydrogen) atoms. The van der Waals surface area contributed by atoms with Crippen LogP contribution in [0.5, 0.6) is 0 Å². The van der Waals surface area contributed by atoms with Crippen molar-refractivity contribution in [2.75, 3.05) is 17.7 Å². The molecule has 92 valence electrons. The van der Waals surface area contributed by atoms with Crippen LogP contribution in [0.1, 0.15) is 6.42 Å². The van der Waals surface area contributed by atoms with Crippen LogP contribution >= 0.6 is 0 Å². The van der Waals surface area contributed by atoms with Crippen molar-refractivity contribution in [3.05, 3.63) is 30.5 Å². The van der Waals surface area contributed by atoms with Gasteiger partial charge in [0.1, 0.15) is 9.84 Å². The molecule has 1 aromatic carbocycles. The summed E-state index contributed by atoms with van der Waals surface area (Å²) < 4.78 is 24.1. The lowest BCUT2D eigenvalue weighted by molar-refractivity contribution is 0.593. The molecule has 0 amide bonds. The minimum atomic E-state index is -2.88. The first-order valence-electron chi connectivity index (χ1n) is 5.48. The van der Waals surface area contributed by atoms with Gasteiger partial charge in [-0.3, -0.25) is 0 Å². The van der Waals surface area contributed by atoms with Gasteiger partial charge in [-0.1, -0.05) is 6.07 Å². The van der Waals surface area contributed by atoms with Gasteiger partial charge in [0.05, 0.1) is 11.3 Å². The fraction of sp³-hybridized carbons (Fsp3) is 0.333. The molecular formula is C12H16N2O2S. The van der Waals surface area contributed by atoms with E-state index in [1.165, 1.54) is 6.26 Å². The SMILES string of the molecule is CS(=O)(=O)CCCn1ccc2ccc(N)cc21. The van der Waals surface area contributed by atoms with Gasteiger partial charge in [-0.05, 0) is 30.0 Å². The monoisotopic (exact) mass is 252 g/mol. The maximum absolute atomic E-state index is 11.0. The summed E-state index contributed by atoms with van der Waals surface area (Å²) in [5, 5.41) is 1.12. The molecule has 0 bridgehead atoms. The van der Waals surface area contributed by atoms with Crippen molar-refractivity contribution in [2.45, 2.75) is 13.0 Å². The maximum Gasteiger partial charge on any atom is 0.147 e. The van der Waals surface area contributed by atoms with Gasteiger partial charge >= 0.3 is 0 Å². The number of aromatic nitrogens is 1. The van der Waals surface area contributed by atoms with Crippen LogP contribution in [0.3, 0.4) is 0 Å². The van der Waals surface area contributed by atoms with Crippen molar-refractivity contribution < 1.29 is 8.42 Å². The number of benzene rings is 1. The van der Waals surface area contributed by atoms with Gasteiger partial charge in [0.2, 0.25) is 0 Å². The molecule has 0 radical (unpaired) electrons. The Morgan fingerprint density at radius 1 is 1.29 bits per heavy atom. The van der Waals surface area contributed by atoms with E-state index < -0.39 is 9.84 Å². The summed E-state index contributed by atoms with van der Waals surface area (Å²) in [6.07, 6.45) is 3.85. The van der Waals surface area contributed by atoms with Crippen LogP contribution in [-0.4, -0.2) is 25.0 Å². The van der Waals surface area contributed by atoms with Crippen LogP contribution in [0.15, 0.2) is 30.5 Å². The zero-order valence-corrected chi connectivity index (χ0v) is 10.6. The van der Waals surface area contributed by atoms with Crippen LogP contribution in [0.25, 0.3) is 10.9 Å². The largest absolute Gasteiger partial charge is 0.399 e. The molecule has 1 aromatic heterocycles. The topological polar surface area (TPSA) is 65.1 Å². The average molecular weight is 252 g/mol. The van der Waals surface area contributed by atoms with Gasteiger partial charge < -0.3 is 10.3 Å². The Morgan fingerprint density at radius 3 is 2.76 bits per heavy atom. The lowest BCUT2D eigenvalue weighted by Crippen LogP contribution is -2.06. The van der Waals surface area contributed by atoms with E-state index in [0.717, 1.165) is 16.6 Å². The van der Waals surface area contributed by atoms with Crippen molar-refractivity contribution in [1.29, 1.82) is 0 Å². The second-order valence-corrected chi connectivity index (χ2v) is 6.57. The third-order valence-electron chi connectivity index (χ3n) is 2.71. The molecule has 1 heterocycles. The first-order chi connectivity index (χ1) is 7.96. The van der Waals surface area contributed by atoms with Gasteiger partial charge in [0.25, 0.3) is 0 Å². The summed E-state index contributed by atoms with van der Waals surface area (Å²) >= 11 is 0. The molecule has 0 spiro atoms. The van der Waals surface area contributed by atoms with Gasteiger partial charge in [0, 0.05) is 24.7 Å². The highest BCUT2D eigenvalue weighted by Crippen LogP contribution is 2.19. The molecule has 0 aliphatic carbocycles. The Kier molecular flexibility index (Phi) is 3.11. The van der Waals surface area contributed by atoms with Gasteiger partial charge in [-0.15, -0.1) is 0 Å². The Morgan fingerprint density at radius 2 is 2.06 bits per heavy atom. The first kappa shape index (κ1) is 12.0. The number of anilines is 1. The third-order valence-corrected chi connectivity index (χ3v) is 3.74. The van der Waals surface area contributed by atoms with Crippen LogP contribution in [0.2, 0.25) is 0 Å². The van der Waals surface area contributed by atoms with Crippen molar-refractivity contribution >= 4 is 26.4 Å². The highest BCUT2D eigenvalue weighted by molar-refractivity contribution is 7.90. The molecule has 0 fully saturated rings. The molecule has 0 saturated heterocycles. The number of nitrogen functional groups attached to an aromatic ring is 1. The summed E-state index contributed by atoms with van der Waals surface area (Å²) in [4.78, 5) is 0. The molecule has 0 atom stereocenters.